The Morgan fingerprint density at radius 2 is 2.19 bits per heavy atom. The Morgan fingerprint density at radius 1 is 1.52 bits per heavy atom. The number of rotatable bonds is 5. The molecule has 1 saturated carbocycles. The number of carboxylic acids is 1. The lowest BCUT2D eigenvalue weighted by atomic mass is 9.98. The van der Waals surface area contributed by atoms with E-state index in [-0.39, 0.29) is 18.2 Å². The number of carbonyl (C=O) groups is 2. The van der Waals surface area contributed by atoms with Gasteiger partial charge in [0.15, 0.2) is 0 Å². The van der Waals surface area contributed by atoms with Gasteiger partial charge in [0.05, 0.1) is 0 Å². The summed E-state index contributed by atoms with van der Waals surface area (Å²) in [6.45, 7) is 3.15. The number of carbonyl (C=O) groups excluding carboxylic acids is 1. The van der Waals surface area contributed by atoms with Crippen molar-refractivity contribution in [3.05, 3.63) is 34.6 Å². The quantitative estimate of drug-likeness (QED) is 0.878. The molecule has 2 rings (SSSR count). The van der Waals surface area contributed by atoms with E-state index in [1.54, 1.807) is 13.0 Å². The topological polar surface area (TPSA) is 66.4 Å². The molecule has 1 aromatic carbocycles. The van der Waals surface area contributed by atoms with Gasteiger partial charge in [0.2, 0.25) is 5.91 Å². The molecule has 0 bridgehead atoms. The number of halogens is 2. The molecule has 1 fully saturated rings. The van der Waals surface area contributed by atoms with E-state index in [1.807, 2.05) is 0 Å². The summed E-state index contributed by atoms with van der Waals surface area (Å²) in [5, 5.41) is 12.0. The third-order valence-electron chi connectivity index (χ3n) is 4.08. The first kappa shape index (κ1) is 15.8. The summed E-state index contributed by atoms with van der Waals surface area (Å²) in [7, 11) is 0. The lowest BCUT2D eigenvalue weighted by Gasteiger charge is -2.24. The van der Waals surface area contributed by atoms with E-state index < -0.39 is 23.2 Å². The van der Waals surface area contributed by atoms with Crippen LogP contribution in [0.4, 0.5) is 4.39 Å². The predicted molar refractivity (Wildman–Crippen MR) is 76.7 cm³/mol. The monoisotopic (exact) mass is 313 g/mol. The Balaban J connectivity index is 2.10. The Labute approximate surface area is 127 Å². The lowest BCUT2D eigenvalue weighted by Crippen LogP contribution is -2.52. The highest BCUT2D eigenvalue weighted by molar-refractivity contribution is 6.31. The summed E-state index contributed by atoms with van der Waals surface area (Å²) in [4.78, 5) is 23.3. The molecule has 1 aromatic rings. The number of nitrogens with one attached hydrogen (secondary N) is 1. The van der Waals surface area contributed by atoms with E-state index in [4.69, 9.17) is 16.7 Å². The number of amides is 1. The van der Waals surface area contributed by atoms with Crippen molar-refractivity contribution in [1.82, 2.24) is 5.32 Å². The molecule has 0 aliphatic heterocycles. The minimum atomic E-state index is -1.30. The standard InChI is InChI=1S/C15H17ClFNO3/c1-3-15(2,14(20)21)18-13(19)9-7-8(9)12-10(16)5-4-6-11(12)17/h4-6,8-9H,3,7H2,1-2H3,(H,18,19)(H,20,21). The highest BCUT2D eigenvalue weighted by Crippen LogP contribution is 2.50. The van der Waals surface area contributed by atoms with E-state index in [9.17, 15) is 14.0 Å². The Bertz CT molecular complexity index is 572. The molecule has 1 aliphatic carbocycles. The fourth-order valence-electron chi connectivity index (χ4n) is 2.33. The molecule has 0 aromatic heterocycles. The van der Waals surface area contributed by atoms with Crippen LogP contribution in [-0.4, -0.2) is 22.5 Å². The van der Waals surface area contributed by atoms with Crippen molar-refractivity contribution in [2.45, 2.75) is 38.1 Å². The molecule has 114 valence electrons. The van der Waals surface area contributed by atoms with Crippen molar-refractivity contribution in [1.29, 1.82) is 0 Å². The van der Waals surface area contributed by atoms with Crippen LogP contribution in [0.1, 0.15) is 38.2 Å². The van der Waals surface area contributed by atoms with Gasteiger partial charge in [0, 0.05) is 22.4 Å². The first-order valence-corrected chi connectivity index (χ1v) is 7.17. The van der Waals surface area contributed by atoms with Crippen LogP contribution in [0.2, 0.25) is 5.02 Å². The molecule has 4 nitrogen and oxygen atoms in total. The van der Waals surface area contributed by atoms with Crippen molar-refractivity contribution in [3.63, 3.8) is 0 Å². The summed E-state index contributed by atoms with van der Waals surface area (Å²) in [6.07, 6.45) is 0.748. The maximum Gasteiger partial charge on any atom is 0.329 e. The van der Waals surface area contributed by atoms with Crippen molar-refractivity contribution in [3.8, 4) is 0 Å². The second kappa shape index (κ2) is 5.64. The van der Waals surface area contributed by atoms with Gasteiger partial charge in [-0.15, -0.1) is 0 Å². The van der Waals surface area contributed by atoms with Gasteiger partial charge in [0.25, 0.3) is 0 Å². The predicted octanol–water partition coefficient (Wildman–Crippen LogP) is 2.95. The van der Waals surface area contributed by atoms with Crippen molar-refractivity contribution in [2.75, 3.05) is 0 Å². The molecule has 6 heteroatoms. The number of benzene rings is 1. The van der Waals surface area contributed by atoms with E-state index in [1.165, 1.54) is 19.1 Å². The average Bonchev–Trinajstić information content (AvgIpc) is 3.18. The molecule has 0 heterocycles. The molecule has 0 spiro atoms. The van der Waals surface area contributed by atoms with E-state index in [0.717, 1.165) is 0 Å². The smallest absolute Gasteiger partial charge is 0.329 e. The first-order chi connectivity index (χ1) is 9.80. The molecule has 3 unspecified atom stereocenters. The van der Waals surface area contributed by atoms with Crippen LogP contribution in [0.5, 0.6) is 0 Å². The fraction of sp³-hybridized carbons (Fsp3) is 0.467. The Kier molecular flexibility index (Phi) is 4.23. The van der Waals surface area contributed by atoms with Gasteiger partial charge in [-0.25, -0.2) is 9.18 Å². The molecule has 1 aliphatic rings. The van der Waals surface area contributed by atoms with Crippen LogP contribution in [0.25, 0.3) is 0 Å². The van der Waals surface area contributed by atoms with Crippen LogP contribution in [-0.2, 0) is 9.59 Å². The van der Waals surface area contributed by atoms with Crippen LogP contribution >= 0.6 is 11.6 Å². The number of carboxylic acid groups (broad SMARTS) is 1. The van der Waals surface area contributed by atoms with Crippen LogP contribution in [0, 0.1) is 11.7 Å². The molecule has 1 amide bonds. The molecule has 21 heavy (non-hydrogen) atoms. The van der Waals surface area contributed by atoms with E-state index >= 15 is 0 Å². The van der Waals surface area contributed by atoms with Crippen LogP contribution in [0.15, 0.2) is 18.2 Å². The fourth-order valence-corrected chi connectivity index (χ4v) is 2.63. The lowest BCUT2D eigenvalue weighted by molar-refractivity contribution is -0.147. The summed E-state index contributed by atoms with van der Waals surface area (Å²) in [5.74, 6) is -2.59. The minimum Gasteiger partial charge on any atom is -0.480 e. The van der Waals surface area contributed by atoms with Crippen LogP contribution < -0.4 is 5.32 Å². The van der Waals surface area contributed by atoms with Crippen LogP contribution in [0.3, 0.4) is 0 Å². The zero-order chi connectivity index (χ0) is 15.8. The Hall–Kier alpha value is -1.62. The normalized spacial score (nSPS) is 23.2. The van der Waals surface area contributed by atoms with Gasteiger partial charge in [0.1, 0.15) is 11.4 Å². The van der Waals surface area contributed by atoms with Crippen molar-refractivity contribution < 1.29 is 19.1 Å². The third-order valence-corrected chi connectivity index (χ3v) is 4.41. The van der Waals surface area contributed by atoms with Gasteiger partial charge in [-0.05, 0) is 31.9 Å². The first-order valence-electron chi connectivity index (χ1n) is 6.79. The Morgan fingerprint density at radius 3 is 2.71 bits per heavy atom. The number of aliphatic carboxylic acids is 1. The van der Waals surface area contributed by atoms with E-state index in [2.05, 4.69) is 5.32 Å². The van der Waals surface area contributed by atoms with Gasteiger partial charge in [-0.2, -0.15) is 0 Å². The van der Waals surface area contributed by atoms with Gasteiger partial charge in [-0.3, -0.25) is 4.79 Å². The average molecular weight is 314 g/mol. The van der Waals surface area contributed by atoms with Gasteiger partial charge >= 0.3 is 5.97 Å². The second-order valence-corrected chi connectivity index (χ2v) is 5.97. The third kappa shape index (κ3) is 3.02. The summed E-state index contributed by atoms with van der Waals surface area (Å²) in [5.41, 5.74) is -0.962. The SMILES string of the molecule is CCC(C)(NC(=O)C1CC1c1c(F)cccc1Cl)C(=O)O. The summed E-state index contributed by atoms with van der Waals surface area (Å²) >= 11 is 5.98. The zero-order valence-electron chi connectivity index (χ0n) is 11.8. The van der Waals surface area contributed by atoms with Crippen molar-refractivity contribution >= 4 is 23.5 Å². The molecular formula is C15H17ClFNO3. The summed E-state index contributed by atoms with van der Waals surface area (Å²) < 4.78 is 13.8. The maximum absolute atomic E-state index is 13.8. The molecular weight excluding hydrogens is 297 g/mol. The van der Waals surface area contributed by atoms with Gasteiger partial charge < -0.3 is 10.4 Å². The van der Waals surface area contributed by atoms with Crippen molar-refractivity contribution in [2.24, 2.45) is 5.92 Å². The number of hydrogen-bond acceptors (Lipinski definition) is 2. The zero-order valence-corrected chi connectivity index (χ0v) is 12.6. The molecule has 0 saturated heterocycles. The summed E-state index contributed by atoms with van der Waals surface area (Å²) in [6, 6.07) is 4.40. The molecule has 0 radical (unpaired) electrons. The van der Waals surface area contributed by atoms with E-state index in [0.29, 0.717) is 17.0 Å². The van der Waals surface area contributed by atoms with Gasteiger partial charge in [-0.1, -0.05) is 24.6 Å². The molecule has 3 atom stereocenters. The second-order valence-electron chi connectivity index (χ2n) is 5.56. The maximum atomic E-state index is 13.8. The highest BCUT2D eigenvalue weighted by Gasteiger charge is 2.48. The largest absolute Gasteiger partial charge is 0.480 e. The minimum absolute atomic E-state index is 0.270. The highest BCUT2D eigenvalue weighted by atomic mass is 35.5. The number of hydrogen-bond donors (Lipinski definition) is 2. The molecule has 2 N–H and O–H groups in total.